The number of hydrogen-bond acceptors (Lipinski definition) is 1. The molecule has 0 radical (unpaired) electrons. The number of hydrogen-bond donors (Lipinski definition) is 0. The van der Waals surface area contributed by atoms with E-state index in [9.17, 15) is 13.2 Å². The van der Waals surface area contributed by atoms with Crippen molar-refractivity contribution in [2.24, 2.45) is 0 Å². The molecule has 0 bridgehead atoms. The molecule has 2 aromatic carbocycles. The third-order valence-electron chi connectivity index (χ3n) is 3.49. The van der Waals surface area contributed by atoms with Crippen LogP contribution in [0, 0.1) is 6.92 Å². The molecule has 112 valence electrons. The normalized spacial score (nSPS) is 16.4. The van der Waals surface area contributed by atoms with Crippen molar-refractivity contribution < 1.29 is 13.2 Å². The number of rotatable bonds is 1. The largest absolute Gasteiger partial charge is 0.422 e. The predicted molar refractivity (Wildman–Crippen MR) is 87.1 cm³/mol. The third kappa shape index (κ3) is 2.97. The average molecular weight is 318 g/mol. The van der Waals surface area contributed by atoms with Crippen LogP contribution in [-0.4, -0.2) is 6.18 Å². The second kappa shape index (κ2) is 5.69. The maximum atomic E-state index is 13.1. The lowest BCUT2D eigenvalue weighted by Gasteiger charge is -2.21. The molecule has 2 aromatic rings. The molecule has 1 aliphatic rings. The van der Waals surface area contributed by atoms with Crippen LogP contribution in [0.5, 0.6) is 0 Å². The van der Waals surface area contributed by atoms with Crippen LogP contribution < -0.4 is 0 Å². The molecule has 1 heterocycles. The molecule has 1 aliphatic heterocycles. The Hall–Kier alpha value is -1.94. The zero-order chi connectivity index (χ0) is 15.7. The standard InChI is InChI=1S/C18H13F3S/c1-12-6-2-3-7-13(12)10-16-15-9-5-4-8-14(15)11-17(22-16)18(19,20)21/h2-11H,1H3/b16-10-. The van der Waals surface area contributed by atoms with Gasteiger partial charge in [-0.25, -0.2) is 0 Å². The summed E-state index contributed by atoms with van der Waals surface area (Å²) >= 11 is 0.782. The Morgan fingerprint density at radius 2 is 1.64 bits per heavy atom. The Kier molecular flexibility index (Phi) is 3.87. The molecule has 0 aromatic heterocycles. The zero-order valence-electron chi connectivity index (χ0n) is 11.8. The van der Waals surface area contributed by atoms with Crippen molar-refractivity contribution in [1.29, 1.82) is 0 Å². The molecular weight excluding hydrogens is 305 g/mol. The summed E-state index contributed by atoms with van der Waals surface area (Å²) in [6, 6.07) is 14.8. The van der Waals surface area contributed by atoms with Crippen molar-refractivity contribution in [3.63, 3.8) is 0 Å². The van der Waals surface area contributed by atoms with Gasteiger partial charge in [-0.05, 0) is 41.3 Å². The number of allylic oxidation sites excluding steroid dienone is 1. The van der Waals surface area contributed by atoms with Gasteiger partial charge in [0.15, 0.2) is 0 Å². The van der Waals surface area contributed by atoms with Gasteiger partial charge in [-0.15, -0.1) is 0 Å². The summed E-state index contributed by atoms with van der Waals surface area (Å²) in [5.41, 5.74) is 3.41. The molecule has 3 rings (SSSR count). The fourth-order valence-corrected chi connectivity index (χ4v) is 3.35. The Morgan fingerprint density at radius 1 is 0.955 bits per heavy atom. The number of benzene rings is 2. The zero-order valence-corrected chi connectivity index (χ0v) is 12.6. The maximum Gasteiger partial charge on any atom is 0.422 e. The lowest BCUT2D eigenvalue weighted by atomic mass is 10.0. The lowest BCUT2D eigenvalue weighted by molar-refractivity contribution is -0.0827. The second-order valence-corrected chi connectivity index (χ2v) is 6.14. The van der Waals surface area contributed by atoms with Crippen LogP contribution in [0.4, 0.5) is 13.2 Å². The van der Waals surface area contributed by atoms with Gasteiger partial charge < -0.3 is 0 Å². The molecule has 0 atom stereocenters. The first-order valence-electron chi connectivity index (χ1n) is 6.78. The molecule has 0 spiro atoms. The predicted octanol–water partition coefficient (Wildman–Crippen LogP) is 6.14. The molecule has 0 saturated carbocycles. The topological polar surface area (TPSA) is 0 Å². The van der Waals surface area contributed by atoms with E-state index in [1.807, 2.05) is 49.4 Å². The van der Waals surface area contributed by atoms with Gasteiger partial charge in [0.2, 0.25) is 0 Å². The van der Waals surface area contributed by atoms with Crippen molar-refractivity contribution in [3.8, 4) is 0 Å². The van der Waals surface area contributed by atoms with Gasteiger partial charge in [-0.2, -0.15) is 13.2 Å². The van der Waals surface area contributed by atoms with Crippen molar-refractivity contribution in [2.45, 2.75) is 13.1 Å². The molecule has 0 nitrogen and oxygen atoms in total. The van der Waals surface area contributed by atoms with E-state index in [-0.39, 0.29) is 0 Å². The van der Waals surface area contributed by atoms with Crippen LogP contribution in [0.15, 0.2) is 53.4 Å². The third-order valence-corrected chi connectivity index (χ3v) is 4.61. The molecule has 0 saturated heterocycles. The monoisotopic (exact) mass is 318 g/mol. The second-order valence-electron chi connectivity index (χ2n) is 5.06. The molecular formula is C18H13F3S. The summed E-state index contributed by atoms with van der Waals surface area (Å²) in [5, 5.41) is 0. The highest BCUT2D eigenvalue weighted by molar-refractivity contribution is 8.12. The quantitative estimate of drug-likeness (QED) is 0.608. The summed E-state index contributed by atoms with van der Waals surface area (Å²) in [4.78, 5) is 0.0470. The van der Waals surface area contributed by atoms with Gasteiger partial charge in [0, 0.05) is 4.91 Å². The highest BCUT2D eigenvalue weighted by Crippen LogP contribution is 2.48. The summed E-state index contributed by atoms with van der Waals surface area (Å²) in [7, 11) is 0. The van der Waals surface area contributed by atoms with E-state index in [0.29, 0.717) is 10.5 Å². The van der Waals surface area contributed by atoms with Gasteiger partial charge in [0.05, 0.1) is 4.91 Å². The Morgan fingerprint density at radius 3 is 2.36 bits per heavy atom. The number of thioether (sulfide) groups is 1. The fourth-order valence-electron chi connectivity index (χ4n) is 2.33. The first-order chi connectivity index (χ1) is 10.4. The molecule has 0 aliphatic carbocycles. The molecule has 4 heteroatoms. The Labute approximate surface area is 131 Å². The van der Waals surface area contributed by atoms with E-state index in [1.165, 1.54) is 6.08 Å². The number of fused-ring (bicyclic) bond motifs is 1. The molecule has 22 heavy (non-hydrogen) atoms. The number of halogens is 3. The summed E-state index contributed by atoms with van der Waals surface area (Å²) in [6.07, 6.45) is -1.28. The lowest BCUT2D eigenvalue weighted by Crippen LogP contribution is -2.11. The number of aryl methyl sites for hydroxylation is 1. The minimum atomic E-state index is -4.33. The first kappa shape index (κ1) is 15.0. The minimum Gasteiger partial charge on any atom is -0.166 e. The van der Waals surface area contributed by atoms with E-state index in [1.54, 1.807) is 12.1 Å². The summed E-state index contributed by atoms with van der Waals surface area (Å²) < 4.78 is 39.3. The van der Waals surface area contributed by atoms with Gasteiger partial charge in [-0.3, -0.25) is 0 Å². The molecule has 0 N–H and O–H groups in total. The molecule has 0 unspecified atom stereocenters. The highest BCUT2D eigenvalue weighted by atomic mass is 32.2. The van der Waals surface area contributed by atoms with Gasteiger partial charge >= 0.3 is 6.18 Å². The van der Waals surface area contributed by atoms with Crippen molar-refractivity contribution >= 4 is 28.8 Å². The van der Waals surface area contributed by atoms with E-state index < -0.39 is 11.1 Å². The van der Waals surface area contributed by atoms with Gasteiger partial charge in [-0.1, -0.05) is 60.3 Å². The number of alkyl halides is 3. The van der Waals surface area contributed by atoms with Crippen LogP contribution in [0.3, 0.4) is 0 Å². The van der Waals surface area contributed by atoms with E-state index in [4.69, 9.17) is 0 Å². The van der Waals surface area contributed by atoms with E-state index in [2.05, 4.69) is 0 Å². The van der Waals surface area contributed by atoms with Crippen LogP contribution in [0.25, 0.3) is 17.1 Å². The first-order valence-corrected chi connectivity index (χ1v) is 7.60. The Balaban J connectivity index is 2.13. The fraction of sp³-hybridized carbons (Fsp3) is 0.111. The maximum absolute atomic E-state index is 13.1. The molecule has 0 amide bonds. The van der Waals surface area contributed by atoms with Crippen LogP contribution >= 0.6 is 11.8 Å². The van der Waals surface area contributed by atoms with E-state index >= 15 is 0 Å². The van der Waals surface area contributed by atoms with Crippen LogP contribution in [-0.2, 0) is 0 Å². The SMILES string of the molecule is Cc1ccccc1/C=C1\SC(C(F)(F)F)=Cc2ccccc21. The average Bonchev–Trinajstić information content (AvgIpc) is 2.48. The van der Waals surface area contributed by atoms with Crippen molar-refractivity contribution in [2.75, 3.05) is 0 Å². The Bertz CT molecular complexity index is 770. The van der Waals surface area contributed by atoms with Gasteiger partial charge in [0.25, 0.3) is 0 Å². The van der Waals surface area contributed by atoms with E-state index in [0.717, 1.165) is 28.5 Å². The smallest absolute Gasteiger partial charge is 0.166 e. The van der Waals surface area contributed by atoms with Crippen molar-refractivity contribution in [1.82, 2.24) is 0 Å². The van der Waals surface area contributed by atoms with Gasteiger partial charge in [0.1, 0.15) is 0 Å². The summed E-state index contributed by atoms with van der Waals surface area (Å²) in [6.45, 7) is 1.95. The highest BCUT2D eigenvalue weighted by Gasteiger charge is 2.37. The molecule has 0 fully saturated rings. The van der Waals surface area contributed by atoms with Crippen molar-refractivity contribution in [3.05, 3.63) is 75.7 Å². The summed E-state index contributed by atoms with van der Waals surface area (Å²) in [5.74, 6) is 0. The van der Waals surface area contributed by atoms with Crippen LogP contribution in [0.2, 0.25) is 0 Å². The minimum absolute atomic E-state index is 0.578. The van der Waals surface area contributed by atoms with Crippen LogP contribution in [0.1, 0.15) is 22.3 Å².